The first kappa shape index (κ1) is 22.4. The summed E-state index contributed by atoms with van der Waals surface area (Å²) in [6.45, 7) is 6.35. The third kappa shape index (κ3) is 6.34. The highest BCUT2D eigenvalue weighted by molar-refractivity contribution is 7.88. The molecule has 28 heavy (non-hydrogen) atoms. The molecular formula is C19H31FN4O3S. The molecule has 0 spiro atoms. The van der Waals surface area contributed by atoms with E-state index in [2.05, 4.69) is 15.6 Å². The molecule has 9 heteroatoms. The first-order chi connectivity index (χ1) is 13.2. The van der Waals surface area contributed by atoms with Crippen LogP contribution in [0.4, 0.5) is 4.39 Å². The molecule has 2 N–H and O–H groups in total. The summed E-state index contributed by atoms with van der Waals surface area (Å²) in [6, 6.07) is 4.76. The lowest BCUT2D eigenvalue weighted by atomic mass is 9.98. The van der Waals surface area contributed by atoms with E-state index in [1.54, 1.807) is 6.07 Å². The third-order valence-corrected chi connectivity index (χ3v) is 6.23. The van der Waals surface area contributed by atoms with Crippen LogP contribution >= 0.6 is 0 Å². The number of nitrogens with zero attached hydrogens (tertiary/aromatic N) is 2. The van der Waals surface area contributed by atoms with Crippen molar-refractivity contribution in [2.75, 3.05) is 39.5 Å². The van der Waals surface area contributed by atoms with Crippen molar-refractivity contribution < 1.29 is 17.5 Å². The number of hydrogen-bond acceptors (Lipinski definition) is 4. The quantitative estimate of drug-likeness (QED) is 0.528. The molecule has 7 nitrogen and oxygen atoms in total. The first-order valence-corrected chi connectivity index (χ1v) is 11.4. The highest BCUT2D eigenvalue weighted by Gasteiger charge is 2.24. The Kier molecular flexibility index (Phi) is 8.06. The molecule has 1 aromatic rings. The molecule has 0 amide bonds. The molecule has 2 rings (SSSR count). The van der Waals surface area contributed by atoms with Gasteiger partial charge >= 0.3 is 0 Å². The van der Waals surface area contributed by atoms with Gasteiger partial charge < -0.3 is 15.4 Å². The Labute approximate surface area is 167 Å². The molecule has 1 heterocycles. The fraction of sp³-hybridized carbons (Fsp3) is 0.632. The van der Waals surface area contributed by atoms with Crippen LogP contribution in [-0.4, -0.2) is 58.2 Å². The lowest BCUT2D eigenvalue weighted by Crippen LogP contribution is -2.40. The average Bonchev–Trinajstić information content (AvgIpc) is 2.65. The van der Waals surface area contributed by atoms with Crippen LogP contribution in [0, 0.1) is 11.7 Å². The van der Waals surface area contributed by atoms with E-state index < -0.39 is 15.8 Å². The second-order valence-electron chi connectivity index (χ2n) is 7.09. The second kappa shape index (κ2) is 10.1. The molecule has 0 bridgehead atoms. The summed E-state index contributed by atoms with van der Waals surface area (Å²) in [7, 11) is -1.67. The van der Waals surface area contributed by atoms with Gasteiger partial charge in [0.2, 0.25) is 10.0 Å². The number of ether oxygens (including phenoxy) is 1. The summed E-state index contributed by atoms with van der Waals surface area (Å²) in [5.74, 6) is 0.837. The van der Waals surface area contributed by atoms with Crippen molar-refractivity contribution in [2.24, 2.45) is 10.9 Å². The zero-order valence-electron chi connectivity index (χ0n) is 17.0. The molecule has 0 saturated carbocycles. The van der Waals surface area contributed by atoms with E-state index in [1.165, 1.54) is 23.7 Å². The summed E-state index contributed by atoms with van der Waals surface area (Å²) < 4.78 is 43.7. The van der Waals surface area contributed by atoms with E-state index in [4.69, 9.17) is 4.74 Å². The van der Waals surface area contributed by atoms with Gasteiger partial charge in [-0.15, -0.1) is 0 Å². The fourth-order valence-electron chi connectivity index (χ4n) is 3.20. The molecule has 0 aromatic heterocycles. The van der Waals surface area contributed by atoms with Crippen LogP contribution in [-0.2, 0) is 10.0 Å². The average molecular weight is 415 g/mol. The summed E-state index contributed by atoms with van der Waals surface area (Å²) in [4.78, 5) is 4.65. The van der Waals surface area contributed by atoms with E-state index in [0.29, 0.717) is 38.1 Å². The van der Waals surface area contributed by atoms with E-state index in [0.717, 1.165) is 18.4 Å². The molecule has 1 unspecified atom stereocenters. The van der Waals surface area contributed by atoms with Gasteiger partial charge in [0.25, 0.3) is 0 Å². The number of sulfonamides is 1. The van der Waals surface area contributed by atoms with Gasteiger partial charge in [-0.25, -0.2) is 17.1 Å². The molecule has 0 radical (unpaired) electrons. The highest BCUT2D eigenvalue weighted by atomic mass is 32.2. The molecule has 1 saturated heterocycles. The predicted octanol–water partition coefficient (Wildman–Crippen LogP) is 2.12. The van der Waals surface area contributed by atoms with Crippen LogP contribution in [0.3, 0.4) is 0 Å². The Morgan fingerprint density at radius 1 is 1.39 bits per heavy atom. The zero-order valence-corrected chi connectivity index (χ0v) is 17.9. The Balaban J connectivity index is 1.96. The highest BCUT2D eigenvalue weighted by Crippen LogP contribution is 2.22. The molecule has 158 valence electrons. The number of benzene rings is 1. The van der Waals surface area contributed by atoms with Crippen LogP contribution in [0.1, 0.15) is 38.3 Å². The molecule has 1 aliphatic heterocycles. The number of hydrogen-bond donors (Lipinski definition) is 2. The summed E-state index contributed by atoms with van der Waals surface area (Å²) in [5, 5.41) is 6.50. The van der Waals surface area contributed by atoms with Gasteiger partial charge in [0.05, 0.1) is 19.4 Å². The van der Waals surface area contributed by atoms with E-state index in [1.807, 2.05) is 19.9 Å². The first-order valence-electron chi connectivity index (χ1n) is 9.58. The molecular weight excluding hydrogens is 383 g/mol. The van der Waals surface area contributed by atoms with Crippen molar-refractivity contribution in [2.45, 2.75) is 32.7 Å². The maximum absolute atomic E-state index is 14.0. The van der Waals surface area contributed by atoms with Crippen molar-refractivity contribution in [1.29, 1.82) is 0 Å². The number of nitrogens with one attached hydrogen (secondary N) is 2. The maximum Gasteiger partial charge on any atom is 0.211 e. The Morgan fingerprint density at radius 3 is 2.61 bits per heavy atom. The topological polar surface area (TPSA) is 83.0 Å². The normalized spacial score (nSPS) is 18.0. The monoisotopic (exact) mass is 414 g/mol. The summed E-state index contributed by atoms with van der Waals surface area (Å²) in [5.41, 5.74) is 0.797. The maximum atomic E-state index is 14.0. The fourth-order valence-corrected chi connectivity index (χ4v) is 4.08. The van der Waals surface area contributed by atoms with Crippen molar-refractivity contribution in [1.82, 2.24) is 14.9 Å². The minimum absolute atomic E-state index is 0.134. The lowest BCUT2D eigenvalue weighted by Gasteiger charge is -2.29. The molecule has 1 atom stereocenters. The number of halogens is 1. The smallest absolute Gasteiger partial charge is 0.211 e. The van der Waals surface area contributed by atoms with Crippen LogP contribution in [0.5, 0.6) is 5.75 Å². The van der Waals surface area contributed by atoms with Gasteiger partial charge in [-0.05, 0) is 50.3 Å². The Bertz CT molecular complexity index is 777. The van der Waals surface area contributed by atoms with Crippen molar-refractivity contribution >= 4 is 16.0 Å². The molecule has 1 fully saturated rings. The number of guanidine groups is 1. The van der Waals surface area contributed by atoms with Crippen molar-refractivity contribution in [3.05, 3.63) is 29.6 Å². The predicted molar refractivity (Wildman–Crippen MR) is 110 cm³/mol. The molecule has 1 aromatic carbocycles. The summed E-state index contributed by atoms with van der Waals surface area (Å²) in [6.07, 6.45) is 2.85. The van der Waals surface area contributed by atoms with Crippen LogP contribution in [0.15, 0.2) is 23.2 Å². The van der Waals surface area contributed by atoms with Gasteiger partial charge in [-0.1, -0.05) is 6.07 Å². The van der Waals surface area contributed by atoms with Gasteiger partial charge in [0.1, 0.15) is 0 Å². The Hall–Kier alpha value is -1.87. The molecule has 0 aliphatic carbocycles. The second-order valence-corrected chi connectivity index (χ2v) is 9.07. The SMILES string of the molecule is CCNC(=NCC1CCN(S(C)(=O)=O)CC1)NC(C)c1ccc(OC)c(F)c1. The van der Waals surface area contributed by atoms with Gasteiger partial charge in [-0.3, -0.25) is 4.99 Å². The number of methoxy groups -OCH3 is 1. The zero-order chi connectivity index (χ0) is 20.7. The minimum Gasteiger partial charge on any atom is -0.494 e. The van der Waals surface area contributed by atoms with Crippen LogP contribution in [0.25, 0.3) is 0 Å². The number of piperidine rings is 1. The number of rotatable bonds is 7. The van der Waals surface area contributed by atoms with E-state index in [-0.39, 0.29) is 11.8 Å². The van der Waals surface area contributed by atoms with Crippen molar-refractivity contribution in [3.63, 3.8) is 0 Å². The van der Waals surface area contributed by atoms with E-state index >= 15 is 0 Å². The van der Waals surface area contributed by atoms with Gasteiger partial charge in [0, 0.05) is 26.2 Å². The lowest BCUT2D eigenvalue weighted by molar-refractivity contribution is 0.280. The molecule has 1 aliphatic rings. The van der Waals surface area contributed by atoms with E-state index in [9.17, 15) is 12.8 Å². The van der Waals surface area contributed by atoms with Crippen LogP contribution in [0.2, 0.25) is 0 Å². The minimum atomic E-state index is -3.11. The van der Waals surface area contributed by atoms with Crippen molar-refractivity contribution in [3.8, 4) is 5.75 Å². The van der Waals surface area contributed by atoms with Crippen LogP contribution < -0.4 is 15.4 Å². The summed E-state index contributed by atoms with van der Waals surface area (Å²) >= 11 is 0. The third-order valence-electron chi connectivity index (χ3n) is 4.92. The van der Waals surface area contributed by atoms with Gasteiger partial charge in [0.15, 0.2) is 17.5 Å². The van der Waals surface area contributed by atoms with Gasteiger partial charge in [-0.2, -0.15) is 0 Å². The Morgan fingerprint density at radius 2 is 2.07 bits per heavy atom. The largest absolute Gasteiger partial charge is 0.494 e. The standard InChI is InChI=1S/C19H31FN4O3S/c1-5-21-19(22-13-15-8-10-24(11-9-15)28(4,25)26)23-14(2)16-6-7-18(27-3)17(20)12-16/h6-7,12,14-15H,5,8-11,13H2,1-4H3,(H2,21,22,23). The number of aliphatic imine (C=N–C) groups is 1.